The fraction of sp³-hybridized carbons (Fsp3) is 0.0500. The van der Waals surface area contributed by atoms with E-state index < -0.39 is 17.5 Å². The van der Waals surface area contributed by atoms with Crippen molar-refractivity contribution in [3.63, 3.8) is 0 Å². The first kappa shape index (κ1) is 16.8. The van der Waals surface area contributed by atoms with Gasteiger partial charge in [-0.1, -0.05) is 13.2 Å². The third-order valence-corrected chi connectivity index (χ3v) is 4.78. The van der Waals surface area contributed by atoms with Gasteiger partial charge in [0.05, 0.1) is 29.2 Å². The summed E-state index contributed by atoms with van der Waals surface area (Å²) in [5.41, 5.74) is 6.48. The van der Waals surface area contributed by atoms with Gasteiger partial charge in [-0.2, -0.15) is 5.26 Å². The van der Waals surface area contributed by atoms with Crippen LogP contribution in [0.1, 0.15) is 11.1 Å². The minimum atomic E-state index is -1.18. The Balaban J connectivity index is 2.48. The first-order valence-electron chi connectivity index (χ1n) is 7.87. The van der Waals surface area contributed by atoms with Crippen molar-refractivity contribution in [2.45, 2.75) is 6.42 Å². The summed E-state index contributed by atoms with van der Waals surface area (Å²) in [7, 11) is 0. The van der Waals surface area contributed by atoms with Gasteiger partial charge in [-0.25, -0.2) is 13.2 Å². The molecular formula is C20H12F3N3O. The van der Waals surface area contributed by atoms with Crippen molar-refractivity contribution in [1.29, 1.82) is 5.26 Å². The van der Waals surface area contributed by atoms with E-state index in [1.807, 2.05) is 6.07 Å². The molecule has 0 radical (unpaired) electrons. The van der Waals surface area contributed by atoms with Crippen LogP contribution in [0.15, 0.2) is 24.9 Å². The number of rotatable bonds is 2. The minimum Gasteiger partial charge on any atom is -0.508 e. The van der Waals surface area contributed by atoms with E-state index in [9.17, 15) is 18.3 Å². The number of aliphatic hydroxyl groups is 1. The standard InChI is InChI=1S/C20H12F3N3O/c1-8-11-6-13(21)17(23)15-16-18(25)14(22)5-10(3-4-24)19(16)26(20(11)15)7-12(8)9(2)27/h5-7,27H,1-3,25H2. The topological polar surface area (TPSA) is 74.5 Å². The zero-order valence-corrected chi connectivity index (χ0v) is 13.9. The molecule has 0 aliphatic rings. The number of aliphatic hydroxyl groups excluding tert-OH is 1. The molecule has 0 spiro atoms. The number of hydrogen-bond donors (Lipinski definition) is 2. The molecule has 7 heteroatoms. The number of pyridine rings is 1. The van der Waals surface area contributed by atoms with Gasteiger partial charge in [0.2, 0.25) is 0 Å². The number of benzene rings is 2. The molecular weight excluding hydrogens is 355 g/mol. The van der Waals surface area contributed by atoms with Crippen LogP contribution in [-0.4, -0.2) is 9.51 Å². The zero-order valence-electron chi connectivity index (χ0n) is 13.9. The maximum atomic E-state index is 14.7. The number of fused-ring (bicyclic) bond motifs is 3. The molecule has 0 aliphatic carbocycles. The van der Waals surface area contributed by atoms with E-state index in [-0.39, 0.29) is 61.4 Å². The zero-order chi connectivity index (χ0) is 19.6. The SMILES string of the molecule is C=C(O)c1cn2c3c(CC#N)cc(F)c(N)c3c3c(F)c(F)cc(c1=C)c32. The Morgan fingerprint density at radius 1 is 1.19 bits per heavy atom. The van der Waals surface area contributed by atoms with Gasteiger partial charge in [0.15, 0.2) is 11.6 Å². The highest BCUT2D eigenvalue weighted by molar-refractivity contribution is 6.19. The van der Waals surface area contributed by atoms with Crippen LogP contribution in [0.4, 0.5) is 18.9 Å². The van der Waals surface area contributed by atoms with Gasteiger partial charge in [-0.05, 0) is 22.9 Å². The van der Waals surface area contributed by atoms with Crippen molar-refractivity contribution in [3.05, 3.63) is 58.7 Å². The van der Waals surface area contributed by atoms with Crippen LogP contribution in [0.3, 0.4) is 0 Å². The van der Waals surface area contributed by atoms with E-state index >= 15 is 0 Å². The summed E-state index contributed by atoms with van der Waals surface area (Å²) in [6, 6.07) is 3.99. The minimum absolute atomic E-state index is 0.0256. The second-order valence-corrected chi connectivity index (χ2v) is 6.27. The summed E-state index contributed by atoms with van der Waals surface area (Å²) >= 11 is 0. The second-order valence-electron chi connectivity index (χ2n) is 6.27. The first-order valence-corrected chi connectivity index (χ1v) is 7.87. The van der Waals surface area contributed by atoms with Gasteiger partial charge in [0.1, 0.15) is 11.6 Å². The molecule has 0 saturated carbocycles. The van der Waals surface area contributed by atoms with E-state index in [1.54, 1.807) is 0 Å². The quantitative estimate of drug-likeness (QED) is 0.416. The van der Waals surface area contributed by atoms with Crippen LogP contribution < -0.4 is 11.0 Å². The number of aromatic nitrogens is 1. The van der Waals surface area contributed by atoms with E-state index in [0.717, 1.165) is 12.1 Å². The molecule has 2 aromatic heterocycles. The normalized spacial score (nSPS) is 11.5. The third kappa shape index (κ3) is 2.04. The Bertz CT molecular complexity index is 1400. The molecule has 27 heavy (non-hydrogen) atoms. The van der Waals surface area contributed by atoms with Gasteiger partial charge < -0.3 is 15.2 Å². The molecule has 0 aliphatic heterocycles. The van der Waals surface area contributed by atoms with Gasteiger partial charge in [0.25, 0.3) is 0 Å². The molecule has 4 nitrogen and oxygen atoms in total. The highest BCUT2D eigenvalue weighted by Gasteiger charge is 2.25. The summed E-state index contributed by atoms with van der Waals surface area (Å²) in [6.07, 6.45) is 1.27. The van der Waals surface area contributed by atoms with E-state index in [2.05, 4.69) is 13.2 Å². The van der Waals surface area contributed by atoms with Gasteiger partial charge in [0, 0.05) is 27.9 Å². The molecule has 2 aromatic carbocycles. The molecule has 0 saturated heterocycles. The monoisotopic (exact) mass is 367 g/mol. The lowest BCUT2D eigenvalue weighted by atomic mass is 10.0. The molecule has 2 heterocycles. The molecule has 0 atom stereocenters. The Kier molecular flexibility index (Phi) is 3.37. The van der Waals surface area contributed by atoms with E-state index in [1.165, 1.54) is 10.6 Å². The largest absolute Gasteiger partial charge is 0.508 e. The molecule has 4 aromatic rings. The lowest BCUT2D eigenvalue weighted by molar-refractivity contribution is 0.512. The van der Waals surface area contributed by atoms with Crippen molar-refractivity contribution in [3.8, 4) is 6.07 Å². The number of nitriles is 1. The van der Waals surface area contributed by atoms with Crippen molar-refractivity contribution in [2.75, 3.05) is 5.73 Å². The lowest BCUT2D eigenvalue weighted by Gasteiger charge is -2.09. The Hall–Kier alpha value is -3.66. The smallest absolute Gasteiger partial charge is 0.168 e. The average Bonchev–Trinajstić information content (AvgIpc) is 2.95. The average molecular weight is 367 g/mol. The summed E-state index contributed by atoms with van der Waals surface area (Å²) < 4.78 is 44.9. The molecule has 134 valence electrons. The van der Waals surface area contributed by atoms with Crippen LogP contribution in [0.2, 0.25) is 0 Å². The van der Waals surface area contributed by atoms with E-state index in [4.69, 9.17) is 11.0 Å². The highest BCUT2D eigenvalue weighted by Crippen LogP contribution is 2.40. The number of anilines is 1. The summed E-state index contributed by atoms with van der Waals surface area (Å²) in [5, 5.41) is 19.2. The summed E-state index contributed by atoms with van der Waals surface area (Å²) in [4.78, 5) is 0. The number of nitrogens with zero attached hydrogens (tertiary/aromatic N) is 2. The van der Waals surface area contributed by atoms with Crippen molar-refractivity contribution >= 4 is 45.2 Å². The highest BCUT2D eigenvalue weighted by atomic mass is 19.2. The van der Waals surface area contributed by atoms with Crippen LogP contribution >= 0.6 is 0 Å². The number of nitrogen functional groups attached to an aromatic ring is 1. The first-order chi connectivity index (χ1) is 12.8. The number of nitrogens with two attached hydrogens (primary N) is 1. The summed E-state index contributed by atoms with van der Waals surface area (Å²) in [5.74, 6) is -3.48. The Morgan fingerprint density at radius 3 is 2.52 bits per heavy atom. The predicted molar refractivity (Wildman–Crippen MR) is 98.4 cm³/mol. The van der Waals surface area contributed by atoms with E-state index in [0.29, 0.717) is 0 Å². The molecule has 0 amide bonds. The van der Waals surface area contributed by atoms with Crippen molar-refractivity contribution in [2.24, 2.45) is 0 Å². The Labute approximate surface area is 150 Å². The third-order valence-electron chi connectivity index (χ3n) is 4.78. The Morgan fingerprint density at radius 2 is 1.89 bits per heavy atom. The van der Waals surface area contributed by atoms with Crippen LogP contribution in [-0.2, 0) is 6.42 Å². The van der Waals surface area contributed by atoms with Crippen LogP contribution in [0, 0.1) is 28.8 Å². The molecule has 0 unspecified atom stereocenters. The van der Waals surface area contributed by atoms with Crippen molar-refractivity contribution in [1.82, 2.24) is 4.40 Å². The predicted octanol–water partition coefficient (Wildman–Crippen LogP) is 3.97. The van der Waals surface area contributed by atoms with Crippen LogP contribution in [0.25, 0.3) is 39.5 Å². The van der Waals surface area contributed by atoms with Gasteiger partial charge in [-0.3, -0.25) is 0 Å². The number of halogens is 3. The molecule has 3 N–H and O–H groups in total. The molecule has 0 fully saturated rings. The van der Waals surface area contributed by atoms with Gasteiger partial charge >= 0.3 is 0 Å². The maximum Gasteiger partial charge on any atom is 0.168 e. The van der Waals surface area contributed by atoms with Crippen molar-refractivity contribution < 1.29 is 18.3 Å². The fourth-order valence-electron chi connectivity index (χ4n) is 3.62. The lowest BCUT2D eigenvalue weighted by Crippen LogP contribution is -2.11. The van der Waals surface area contributed by atoms with Gasteiger partial charge in [-0.15, -0.1) is 0 Å². The number of hydrogen-bond acceptors (Lipinski definition) is 3. The molecule has 0 bridgehead atoms. The molecule has 4 rings (SSSR count). The summed E-state index contributed by atoms with van der Waals surface area (Å²) in [6.45, 7) is 7.30. The fourth-order valence-corrected chi connectivity index (χ4v) is 3.62. The maximum absolute atomic E-state index is 14.7. The second kappa shape index (κ2) is 5.42. The van der Waals surface area contributed by atoms with Crippen LogP contribution in [0.5, 0.6) is 0 Å².